The summed E-state index contributed by atoms with van der Waals surface area (Å²) < 4.78 is 6.05. The molecule has 2 aromatic heterocycles. The van der Waals surface area contributed by atoms with E-state index in [0.717, 1.165) is 52.9 Å². The summed E-state index contributed by atoms with van der Waals surface area (Å²) in [5, 5.41) is 0. The molecule has 1 aliphatic carbocycles. The second kappa shape index (κ2) is 8.15. The Labute approximate surface area is 181 Å². The molecule has 2 aliphatic rings. The van der Waals surface area contributed by atoms with Gasteiger partial charge in [-0.2, -0.15) is 4.98 Å². The molecule has 1 aliphatic heterocycles. The zero-order valence-electron chi connectivity index (χ0n) is 17.7. The first kappa shape index (κ1) is 19.8. The number of fused-ring (bicyclic) bond motifs is 3. The smallest absolute Gasteiger partial charge is 0.344 e. The fourth-order valence-corrected chi connectivity index (χ4v) is 4.65. The lowest BCUT2D eigenvalue weighted by Gasteiger charge is -2.30. The summed E-state index contributed by atoms with van der Waals surface area (Å²) in [5.74, 6) is 1.60. The molecule has 0 amide bonds. The van der Waals surface area contributed by atoms with Gasteiger partial charge in [0.25, 0.3) is 0 Å². The van der Waals surface area contributed by atoms with Gasteiger partial charge in [0, 0.05) is 42.7 Å². The average molecular weight is 418 g/mol. The molecule has 7 nitrogen and oxygen atoms in total. The quantitative estimate of drug-likeness (QED) is 0.633. The zero-order valence-corrected chi connectivity index (χ0v) is 17.7. The number of benzene rings is 1. The maximum Gasteiger partial charge on any atom is 0.344 e. The average Bonchev–Trinajstić information content (AvgIpc) is 3.02. The number of ether oxygens (including phenoxy) is 1. The second-order valence-corrected chi connectivity index (χ2v) is 8.54. The van der Waals surface area contributed by atoms with Crippen LogP contribution in [0.1, 0.15) is 37.7 Å². The van der Waals surface area contributed by atoms with E-state index < -0.39 is 0 Å². The molecule has 0 bridgehead atoms. The molecule has 3 heterocycles. The van der Waals surface area contributed by atoms with Crippen LogP contribution in [0.25, 0.3) is 22.3 Å². The van der Waals surface area contributed by atoms with Crippen LogP contribution in [-0.2, 0) is 6.61 Å². The van der Waals surface area contributed by atoms with Crippen LogP contribution in [-0.4, -0.2) is 34.1 Å². The standard InChI is InChI=1S/C24H27N5O2/c1-29(19-5-3-2-4-18(25)11-19)22-9-8-21-20-7-6-15(17-12-26-24(30)27-13-17)10-16(20)14-31-23(21)28-22/h6-10,12-13,18-19H,2-5,11,14,25H2,1H3,(H,26,27,30). The maximum atomic E-state index is 11.2. The molecule has 1 aromatic carbocycles. The highest BCUT2D eigenvalue weighted by Gasteiger charge is 2.25. The summed E-state index contributed by atoms with van der Waals surface area (Å²) in [4.78, 5) is 24.8. The van der Waals surface area contributed by atoms with Crippen molar-refractivity contribution < 1.29 is 4.74 Å². The van der Waals surface area contributed by atoms with Crippen molar-refractivity contribution in [2.45, 2.75) is 50.8 Å². The molecule has 0 radical (unpaired) electrons. The Kier molecular flexibility index (Phi) is 5.19. The minimum atomic E-state index is -0.350. The number of rotatable bonds is 3. The molecule has 1 saturated carbocycles. The topological polar surface area (TPSA) is 97.1 Å². The molecule has 0 saturated heterocycles. The van der Waals surface area contributed by atoms with E-state index in [4.69, 9.17) is 15.5 Å². The normalized spacial score (nSPS) is 20.2. The lowest BCUT2D eigenvalue weighted by Crippen LogP contribution is -2.36. The Morgan fingerprint density at radius 2 is 1.97 bits per heavy atom. The van der Waals surface area contributed by atoms with Gasteiger partial charge in [0.2, 0.25) is 5.88 Å². The SMILES string of the molecule is CN(c1ccc2c(n1)OCc1cc(-c3cnc(=O)[nH]c3)ccc1-2)C1CCCCC(N)C1. The number of aromatic amines is 1. The van der Waals surface area contributed by atoms with Gasteiger partial charge >= 0.3 is 5.69 Å². The summed E-state index contributed by atoms with van der Waals surface area (Å²) in [5.41, 5.74) is 11.0. The van der Waals surface area contributed by atoms with E-state index in [1.165, 1.54) is 12.8 Å². The van der Waals surface area contributed by atoms with Crippen LogP contribution in [0.4, 0.5) is 5.82 Å². The van der Waals surface area contributed by atoms with Crippen LogP contribution in [0.5, 0.6) is 5.88 Å². The molecular formula is C24H27N5O2. The maximum absolute atomic E-state index is 11.2. The van der Waals surface area contributed by atoms with E-state index in [-0.39, 0.29) is 11.7 Å². The Morgan fingerprint density at radius 3 is 2.81 bits per heavy atom. The first-order valence-corrected chi connectivity index (χ1v) is 10.9. The number of pyridine rings is 1. The zero-order chi connectivity index (χ0) is 21.4. The highest BCUT2D eigenvalue weighted by Crippen LogP contribution is 2.39. The summed E-state index contributed by atoms with van der Waals surface area (Å²) in [6.07, 6.45) is 8.94. The third-order valence-corrected chi connectivity index (χ3v) is 6.46. The van der Waals surface area contributed by atoms with Gasteiger partial charge in [-0.3, -0.25) is 0 Å². The van der Waals surface area contributed by atoms with Crippen molar-refractivity contribution in [2.75, 3.05) is 11.9 Å². The minimum absolute atomic E-state index is 0.266. The Balaban J connectivity index is 1.42. The third-order valence-electron chi connectivity index (χ3n) is 6.46. The molecule has 0 spiro atoms. The van der Waals surface area contributed by atoms with Crippen LogP contribution in [0.3, 0.4) is 0 Å². The van der Waals surface area contributed by atoms with Gasteiger partial charge in [-0.25, -0.2) is 9.78 Å². The lowest BCUT2D eigenvalue weighted by atomic mass is 9.95. The molecular weight excluding hydrogens is 390 g/mol. The highest BCUT2D eigenvalue weighted by atomic mass is 16.5. The fraction of sp³-hybridized carbons (Fsp3) is 0.375. The first-order chi connectivity index (χ1) is 15.1. The van der Waals surface area contributed by atoms with Crippen LogP contribution in [0.15, 0.2) is 47.5 Å². The third kappa shape index (κ3) is 3.93. The number of hydrogen-bond donors (Lipinski definition) is 2. The number of nitrogens with one attached hydrogen (secondary N) is 1. The number of anilines is 1. The molecule has 2 unspecified atom stereocenters. The molecule has 160 valence electrons. The van der Waals surface area contributed by atoms with Crippen molar-refractivity contribution >= 4 is 5.82 Å². The van der Waals surface area contributed by atoms with Crippen molar-refractivity contribution in [1.82, 2.24) is 15.0 Å². The van der Waals surface area contributed by atoms with Gasteiger partial charge in [0.1, 0.15) is 12.4 Å². The summed E-state index contributed by atoms with van der Waals surface area (Å²) in [6, 6.07) is 11.1. The molecule has 1 fully saturated rings. The van der Waals surface area contributed by atoms with Crippen molar-refractivity contribution in [3.05, 3.63) is 58.8 Å². The molecule has 3 aromatic rings. The van der Waals surface area contributed by atoms with Crippen LogP contribution < -0.4 is 21.1 Å². The lowest BCUT2D eigenvalue weighted by molar-refractivity contribution is 0.290. The monoisotopic (exact) mass is 417 g/mol. The minimum Gasteiger partial charge on any atom is -0.472 e. The highest BCUT2D eigenvalue weighted by molar-refractivity contribution is 5.78. The van der Waals surface area contributed by atoms with Crippen molar-refractivity contribution in [3.63, 3.8) is 0 Å². The number of nitrogens with two attached hydrogens (primary N) is 1. The Bertz CT molecular complexity index is 1140. The summed E-state index contributed by atoms with van der Waals surface area (Å²) >= 11 is 0. The molecule has 3 N–H and O–H groups in total. The van der Waals surface area contributed by atoms with E-state index in [2.05, 4.69) is 46.2 Å². The largest absolute Gasteiger partial charge is 0.472 e. The first-order valence-electron chi connectivity index (χ1n) is 10.9. The molecule has 2 atom stereocenters. The van der Waals surface area contributed by atoms with Crippen LogP contribution in [0, 0.1) is 0 Å². The van der Waals surface area contributed by atoms with Gasteiger partial charge in [-0.05, 0) is 54.2 Å². The van der Waals surface area contributed by atoms with E-state index in [0.29, 0.717) is 18.5 Å². The van der Waals surface area contributed by atoms with Crippen LogP contribution >= 0.6 is 0 Å². The summed E-state index contributed by atoms with van der Waals surface area (Å²) in [6.45, 7) is 0.460. The Hall–Kier alpha value is -3.19. The predicted molar refractivity (Wildman–Crippen MR) is 121 cm³/mol. The van der Waals surface area contributed by atoms with E-state index in [1.54, 1.807) is 12.4 Å². The van der Waals surface area contributed by atoms with E-state index in [1.807, 2.05) is 6.07 Å². The van der Waals surface area contributed by atoms with Gasteiger partial charge in [0.05, 0.1) is 0 Å². The van der Waals surface area contributed by atoms with Gasteiger partial charge in [-0.1, -0.05) is 25.0 Å². The van der Waals surface area contributed by atoms with Crippen LogP contribution in [0.2, 0.25) is 0 Å². The number of hydrogen-bond acceptors (Lipinski definition) is 6. The van der Waals surface area contributed by atoms with E-state index >= 15 is 0 Å². The molecule has 31 heavy (non-hydrogen) atoms. The number of nitrogens with zero attached hydrogens (tertiary/aromatic N) is 3. The van der Waals surface area contributed by atoms with Gasteiger partial charge in [0.15, 0.2) is 0 Å². The van der Waals surface area contributed by atoms with Gasteiger partial charge < -0.3 is 20.4 Å². The van der Waals surface area contributed by atoms with Crippen molar-refractivity contribution in [2.24, 2.45) is 5.73 Å². The van der Waals surface area contributed by atoms with Gasteiger partial charge in [-0.15, -0.1) is 0 Å². The predicted octanol–water partition coefficient (Wildman–Crippen LogP) is 3.49. The second-order valence-electron chi connectivity index (χ2n) is 8.54. The Morgan fingerprint density at radius 1 is 1.13 bits per heavy atom. The number of aromatic nitrogens is 3. The molecule has 7 heteroatoms. The molecule has 5 rings (SSSR count). The van der Waals surface area contributed by atoms with Crippen molar-refractivity contribution in [1.29, 1.82) is 0 Å². The summed E-state index contributed by atoms with van der Waals surface area (Å²) in [7, 11) is 2.11. The van der Waals surface area contributed by atoms with E-state index in [9.17, 15) is 4.79 Å². The number of H-pyrrole nitrogens is 1. The fourth-order valence-electron chi connectivity index (χ4n) is 4.65. The van der Waals surface area contributed by atoms with Crippen molar-refractivity contribution in [3.8, 4) is 28.1 Å².